The zero-order valence-corrected chi connectivity index (χ0v) is 23.4. The van der Waals surface area contributed by atoms with Gasteiger partial charge in [0.2, 0.25) is 0 Å². The number of hydrogen-bond donors (Lipinski definition) is 2. The molecular weight excluding hydrogens is 496 g/mol. The average molecular weight is 537 g/mol. The molecule has 9 atom stereocenters. The molecule has 2 N–H and O–H groups in total. The maximum absolute atomic E-state index is 12.5. The number of aliphatic hydroxyl groups is 2. The molecule has 0 spiro atoms. The van der Waals surface area contributed by atoms with Gasteiger partial charge in [-0.3, -0.25) is 19.2 Å². The van der Waals surface area contributed by atoms with E-state index in [0.717, 1.165) is 0 Å². The van der Waals surface area contributed by atoms with Crippen molar-refractivity contribution in [3.8, 4) is 0 Å². The van der Waals surface area contributed by atoms with Crippen molar-refractivity contribution in [2.45, 2.75) is 105 Å². The Morgan fingerprint density at radius 1 is 0.816 bits per heavy atom. The summed E-state index contributed by atoms with van der Waals surface area (Å²) in [6.07, 6.45) is -6.28. The standard InChI is InChI=1S/C28H40O10/c1-12-20(36-15(4)30)11-21(33)28(9)22(12)24(34)18-10-19(35-14(3)29)13(2)23(27(18,7)8)25(37-16(5)31)26(28)38-17(6)32/h18-22,24-26,33-34H,1,10-11H2,2-9H3/t18-,19-,20-,21-,22-,24+,25+,26-,28+/m0/s1. The van der Waals surface area contributed by atoms with Gasteiger partial charge in [-0.2, -0.15) is 0 Å². The van der Waals surface area contributed by atoms with Crippen LogP contribution >= 0.6 is 0 Å². The summed E-state index contributed by atoms with van der Waals surface area (Å²) in [5.74, 6) is -3.92. The van der Waals surface area contributed by atoms with Crippen LogP contribution in [0, 0.1) is 22.7 Å². The van der Waals surface area contributed by atoms with Gasteiger partial charge in [0.25, 0.3) is 0 Å². The molecule has 0 aromatic heterocycles. The largest absolute Gasteiger partial charge is 0.458 e. The number of aliphatic hydroxyl groups excluding tert-OH is 2. The molecule has 3 aliphatic carbocycles. The second-order valence-corrected chi connectivity index (χ2v) is 11.6. The van der Waals surface area contributed by atoms with Crippen molar-refractivity contribution < 1.29 is 48.3 Å². The van der Waals surface area contributed by atoms with Gasteiger partial charge in [0.1, 0.15) is 12.2 Å². The fourth-order valence-electron chi connectivity index (χ4n) is 7.15. The predicted octanol–water partition coefficient (Wildman–Crippen LogP) is 2.39. The van der Waals surface area contributed by atoms with Gasteiger partial charge >= 0.3 is 23.9 Å². The minimum Gasteiger partial charge on any atom is -0.458 e. The van der Waals surface area contributed by atoms with Crippen LogP contribution in [-0.4, -0.2) is 70.7 Å². The van der Waals surface area contributed by atoms with E-state index in [4.69, 9.17) is 18.9 Å². The predicted molar refractivity (Wildman–Crippen MR) is 134 cm³/mol. The first-order valence-corrected chi connectivity index (χ1v) is 12.9. The van der Waals surface area contributed by atoms with Crippen LogP contribution in [0.25, 0.3) is 0 Å². The van der Waals surface area contributed by atoms with E-state index >= 15 is 0 Å². The van der Waals surface area contributed by atoms with Crippen molar-refractivity contribution in [3.63, 3.8) is 0 Å². The van der Waals surface area contributed by atoms with E-state index < -0.39 is 83.2 Å². The summed E-state index contributed by atoms with van der Waals surface area (Å²) in [6, 6.07) is 0. The number of carbonyl (C=O) groups is 4. The summed E-state index contributed by atoms with van der Waals surface area (Å²) in [5.41, 5.74) is -0.692. The molecule has 3 rings (SSSR count). The Balaban J connectivity index is 2.38. The van der Waals surface area contributed by atoms with Gasteiger partial charge in [-0.15, -0.1) is 0 Å². The fraction of sp³-hybridized carbons (Fsp3) is 0.714. The smallest absolute Gasteiger partial charge is 0.303 e. The fourth-order valence-corrected chi connectivity index (χ4v) is 7.15. The third kappa shape index (κ3) is 5.00. The van der Waals surface area contributed by atoms with Gasteiger partial charge in [-0.1, -0.05) is 27.4 Å². The first-order chi connectivity index (χ1) is 17.4. The Hall–Kier alpha value is -2.72. The highest BCUT2D eigenvalue weighted by Crippen LogP contribution is 2.60. The van der Waals surface area contributed by atoms with E-state index in [1.807, 2.05) is 13.8 Å². The van der Waals surface area contributed by atoms with Gasteiger partial charge in [-0.25, -0.2) is 0 Å². The summed E-state index contributed by atoms with van der Waals surface area (Å²) in [5, 5.41) is 23.7. The zero-order chi connectivity index (χ0) is 28.9. The van der Waals surface area contributed by atoms with Crippen LogP contribution < -0.4 is 0 Å². The molecule has 3 aliphatic rings. The highest BCUT2D eigenvalue weighted by atomic mass is 16.6. The maximum atomic E-state index is 12.5. The van der Waals surface area contributed by atoms with Crippen LogP contribution in [0.1, 0.15) is 68.2 Å². The molecule has 0 aromatic rings. The van der Waals surface area contributed by atoms with Crippen molar-refractivity contribution >= 4 is 23.9 Å². The Kier molecular flexibility index (Phi) is 8.20. The molecular formula is C28H40O10. The van der Waals surface area contributed by atoms with Crippen molar-refractivity contribution in [2.75, 3.05) is 0 Å². The summed E-state index contributed by atoms with van der Waals surface area (Å²) in [6.45, 7) is 16.4. The van der Waals surface area contributed by atoms with E-state index in [2.05, 4.69) is 6.58 Å². The SMILES string of the molecule is C=C1[C@@H](OC(C)=O)C[C@H](O)[C@@]2(C)[C@@H](OC(C)=O)[C@H](OC(C)=O)C3=C(C)[C@@H](OC(C)=O)C[C@@H]([C@@H](O)[C@H]12)C3(C)C. The molecule has 0 aromatic carbocycles. The Morgan fingerprint density at radius 2 is 1.32 bits per heavy atom. The van der Waals surface area contributed by atoms with E-state index in [0.29, 0.717) is 16.7 Å². The lowest BCUT2D eigenvalue weighted by Gasteiger charge is -2.60. The second kappa shape index (κ2) is 10.4. The lowest BCUT2D eigenvalue weighted by Crippen LogP contribution is -2.67. The number of ether oxygens (including phenoxy) is 4. The van der Waals surface area contributed by atoms with E-state index in [1.165, 1.54) is 27.7 Å². The quantitative estimate of drug-likeness (QED) is 0.312. The van der Waals surface area contributed by atoms with Crippen LogP contribution in [0.5, 0.6) is 0 Å². The Bertz CT molecular complexity index is 1060. The minimum absolute atomic E-state index is 0.0507. The van der Waals surface area contributed by atoms with Crippen LogP contribution in [0.3, 0.4) is 0 Å². The second-order valence-electron chi connectivity index (χ2n) is 11.6. The van der Waals surface area contributed by atoms with Gasteiger partial charge < -0.3 is 29.2 Å². The number of fused-ring (bicyclic) bond motifs is 3. The molecule has 2 fully saturated rings. The molecule has 10 nitrogen and oxygen atoms in total. The average Bonchev–Trinajstić information content (AvgIpc) is 2.75. The zero-order valence-electron chi connectivity index (χ0n) is 23.4. The molecule has 0 amide bonds. The van der Waals surface area contributed by atoms with Gasteiger partial charge in [0.05, 0.1) is 12.2 Å². The lowest BCUT2D eigenvalue weighted by molar-refractivity contribution is -0.219. The van der Waals surface area contributed by atoms with Crippen LogP contribution in [0.2, 0.25) is 0 Å². The normalized spacial score (nSPS) is 38.2. The summed E-state index contributed by atoms with van der Waals surface area (Å²) in [7, 11) is 0. The number of rotatable bonds is 4. The van der Waals surface area contributed by atoms with Crippen molar-refractivity contribution in [1.82, 2.24) is 0 Å². The molecule has 0 aliphatic heterocycles. The Labute approximate surface area is 223 Å². The van der Waals surface area contributed by atoms with Crippen LogP contribution in [0.4, 0.5) is 0 Å². The molecule has 2 saturated carbocycles. The number of hydrogen-bond acceptors (Lipinski definition) is 10. The minimum atomic E-state index is -1.40. The summed E-state index contributed by atoms with van der Waals surface area (Å²) in [4.78, 5) is 48.8. The lowest BCUT2D eigenvalue weighted by atomic mass is 9.48. The third-order valence-corrected chi connectivity index (χ3v) is 8.76. The molecule has 0 radical (unpaired) electrons. The van der Waals surface area contributed by atoms with Gasteiger partial charge in [-0.05, 0) is 41.4 Å². The molecule has 0 unspecified atom stereocenters. The van der Waals surface area contributed by atoms with E-state index in [-0.39, 0.29) is 12.8 Å². The number of carbonyl (C=O) groups excluding carboxylic acids is 4. The molecule has 0 heterocycles. The monoisotopic (exact) mass is 536 g/mol. The third-order valence-electron chi connectivity index (χ3n) is 8.76. The first-order valence-electron chi connectivity index (χ1n) is 12.9. The molecule has 212 valence electrons. The number of esters is 4. The van der Waals surface area contributed by atoms with E-state index in [9.17, 15) is 29.4 Å². The summed E-state index contributed by atoms with van der Waals surface area (Å²) >= 11 is 0. The highest BCUT2D eigenvalue weighted by molar-refractivity contribution is 5.69. The topological polar surface area (TPSA) is 146 Å². The molecule has 0 saturated heterocycles. The molecule has 10 heteroatoms. The van der Waals surface area contributed by atoms with Crippen LogP contribution in [0.15, 0.2) is 23.3 Å². The molecule has 38 heavy (non-hydrogen) atoms. The van der Waals surface area contributed by atoms with Crippen molar-refractivity contribution in [1.29, 1.82) is 0 Å². The summed E-state index contributed by atoms with van der Waals surface area (Å²) < 4.78 is 22.8. The van der Waals surface area contributed by atoms with Gasteiger partial charge in [0.15, 0.2) is 12.2 Å². The highest BCUT2D eigenvalue weighted by Gasteiger charge is 2.66. The van der Waals surface area contributed by atoms with E-state index in [1.54, 1.807) is 13.8 Å². The first kappa shape index (κ1) is 29.8. The maximum Gasteiger partial charge on any atom is 0.303 e. The van der Waals surface area contributed by atoms with Crippen LogP contribution in [-0.2, 0) is 38.1 Å². The molecule has 2 bridgehead atoms. The van der Waals surface area contributed by atoms with Gasteiger partial charge in [0, 0.05) is 45.4 Å². The van der Waals surface area contributed by atoms with Crippen molar-refractivity contribution in [2.24, 2.45) is 22.7 Å². The van der Waals surface area contributed by atoms with Crippen molar-refractivity contribution in [3.05, 3.63) is 23.3 Å². The Morgan fingerprint density at radius 3 is 1.82 bits per heavy atom.